The van der Waals surface area contributed by atoms with Gasteiger partial charge < -0.3 is 9.47 Å². The van der Waals surface area contributed by atoms with Gasteiger partial charge in [0.15, 0.2) is 5.78 Å². The lowest BCUT2D eigenvalue weighted by molar-refractivity contribution is 0.101. The standard InChI is InChI=1S/C16H17NO3/c1-4-20-15-8-7-12(10-14(15)11(2)18)13-6-5-9-17-16(13)19-3/h5-10H,4H2,1-3H3. The van der Waals surface area contributed by atoms with Crippen LogP contribution in [-0.2, 0) is 0 Å². The summed E-state index contributed by atoms with van der Waals surface area (Å²) in [5, 5.41) is 0. The minimum Gasteiger partial charge on any atom is -0.493 e. The molecule has 1 aromatic heterocycles. The Morgan fingerprint density at radius 2 is 2.10 bits per heavy atom. The van der Waals surface area contributed by atoms with Crippen molar-refractivity contribution in [3.8, 4) is 22.8 Å². The quantitative estimate of drug-likeness (QED) is 0.782. The molecule has 0 atom stereocenters. The lowest BCUT2D eigenvalue weighted by Crippen LogP contribution is -2.01. The molecule has 20 heavy (non-hydrogen) atoms. The van der Waals surface area contributed by atoms with E-state index in [1.807, 2.05) is 37.3 Å². The maximum atomic E-state index is 11.8. The van der Waals surface area contributed by atoms with Crippen molar-refractivity contribution in [3.63, 3.8) is 0 Å². The number of ether oxygens (including phenoxy) is 2. The Morgan fingerprint density at radius 1 is 1.30 bits per heavy atom. The number of hydrogen-bond donors (Lipinski definition) is 0. The molecule has 0 radical (unpaired) electrons. The van der Waals surface area contributed by atoms with Gasteiger partial charge in [-0.15, -0.1) is 0 Å². The molecule has 4 nitrogen and oxygen atoms in total. The summed E-state index contributed by atoms with van der Waals surface area (Å²) in [6.07, 6.45) is 1.67. The maximum Gasteiger partial charge on any atom is 0.221 e. The molecule has 0 saturated carbocycles. The molecule has 1 aromatic carbocycles. The molecular formula is C16H17NO3. The van der Waals surface area contributed by atoms with Crippen LogP contribution in [0.1, 0.15) is 24.2 Å². The SMILES string of the molecule is CCOc1ccc(-c2cccnc2OC)cc1C(C)=O. The van der Waals surface area contributed by atoms with E-state index in [4.69, 9.17) is 9.47 Å². The first-order valence-electron chi connectivity index (χ1n) is 6.44. The van der Waals surface area contributed by atoms with E-state index in [9.17, 15) is 4.79 Å². The maximum absolute atomic E-state index is 11.8. The number of nitrogens with zero attached hydrogens (tertiary/aromatic N) is 1. The molecule has 104 valence electrons. The molecule has 0 saturated heterocycles. The van der Waals surface area contributed by atoms with Gasteiger partial charge in [-0.2, -0.15) is 0 Å². The second-order valence-electron chi connectivity index (χ2n) is 4.26. The molecule has 0 aliphatic carbocycles. The third-order valence-corrected chi connectivity index (χ3v) is 2.93. The normalized spacial score (nSPS) is 10.2. The second-order valence-corrected chi connectivity index (χ2v) is 4.26. The molecule has 4 heteroatoms. The highest BCUT2D eigenvalue weighted by molar-refractivity contribution is 5.98. The molecule has 0 bridgehead atoms. The number of methoxy groups -OCH3 is 1. The van der Waals surface area contributed by atoms with Gasteiger partial charge in [0.2, 0.25) is 5.88 Å². The lowest BCUT2D eigenvalue weighted by atomic mass is 10.0. The number of rotatable bonds is 5. The minimum atomic E-state index is -0.0295. The van der Waals surface area contributed by atoms with Crippen LogP contribution >= 0.6 is 0 Å². The predicted octanol–water partition coefficient (Wildman–Crippen LogP) is 3.36. The molecule has 0 unspecified atom stereocenters. The van der Waals surface area contributed by atoms with Gasteiger partial charge in [-0.05, 0) is 43.7 Å². The van der Waals surface area contributed by atoms with Gasteiger partial charge in [0.1, 0.15) is 5.75 Å². The summed E-state index contributed by atoms with van der Waals surface area (Å²) < 4.78 is 10.7. The summed E-state index contributed by atoms with van der Waals surface area (Å²) in [5.74, 6) is 1.11. The van der Waals surface area contributed by atoms with Crippen molar-refractivity contribution in [2.24, 2.45) is 0 Å². The number of hydrogen-bond acceptors (Lipinski definition) is 4. The van der Waals surface area contributed by atoms with Gasteiger partial charge in [0, 0.05) is 11.8 Å². The zero-order chi connectivity index (χ0) is 14.5. The Bertz CT molecular complexity index is 623. The average molecular weight is 271 g/mol. The van der Waals surface area contributed by atoms with Crippen molar-refractivity contribution in [3.05, 3.63) is 42.1 Å². The van der Waals surface area contributed by atoms with Crippen LogP contribution in [0.15, 0.2) is 36.5 Å². The minimum absolute atomic E-state index is 0.0295. The monoisotopic (exact) mass is 271 g/mol. The molecule has 0 aliphatic rings. The third kappa shape index (κ3) is 2.79. The summed E-state index contributed by atoms with van der Waals surface area (Å²) in [4.78, 5) is 15.9. The number of carbonyl (C=O) groups excluding carboxylic acids is 1. The third-order valence-electron chi connectivity index (χ3n) is 2.93. The molecule has 2 aromatic rings. The van der Waals surface area contributed by atoms with Gasteiger partial charge in [-0.3, -0.25) is 4.79 Å². The number of pyridine rings is 1. The number of aromatic nitrogens is 1. The molecule has 0 fully saturated rings. The van der Waals surface area contributed by atoms with Gasteiger partial charge in [-0.1, -0.05) is 6.07 Å². The lowest BCUT2D eigenvalue weighted by Gasteiger charge is -2.11. The van der Waals surface area contributed by atoms with E-state index < -0.39 is 0 Å². The highest BCUT2D eigenvalue weighted by Crippen LogP contribution is 2.31. The topological polar surface area (TPSA) is 48.4 Å². The fourth-order valence-corrected chi connectivity index (χ4v) is 2.03. The average Bonchev–Trinajstić information content (AvgIpc) is 2.47. The van der Waals surface area contributed by atoms with Crippen molar-refractivity contribution in [1.29, 1.82) is 0 Å². The smallest absolute Gasteiger partial charge is 0.221 e. The largest absolute Gasteiger partial charge is 0.493 e. The molecule has 1 heterocycles. The molecule has 0 spiro atoms. The van der Waals surface area contributed by atoms with Crippen molar-refractivity contribution in [1.82, 2.24) is 4.98 Å². The van der Waals surface area contributed by atoms with Crippen LogP contribution in [-0.4, -0.2) is 24.5 Å². The van der Waals surface area contributed by atoms with E-state index in [0.717, 1.165) is 11.1 Å². The van der Waals surface area contributed by atoms with Crippen LogP contribution in [0.4, 0.5) is 0 Å². The first kappa shape index (κ1) is 14.1. The Labute approximate surface area is 118 Å². The van der Waals surface area contributed by atoms with Gasteiger partial charge in [0.05, 0.1) is 19.3 Å². The summed E-state index contributed by atoms with van der Waals surface area (Å²) >= 11 is 0. The van der Waals surface area contributed by atoms with Crippen molar-refractivity contribution in [2.75, 3.05) is 13.7 Å². The Hall–Kier alpha value is -2.36. The second kappa shape index (κ2) is 6.19. The molecule has 2 rings (SSSR count). The van der Waals surface area contributed by atoms with Gasteiger partial charge in [-0.25, -0.2) is 4.98 Å². The van der Waals surface area contributed by atoms with E-state index in [-0.39, 0.29) is 5.78 Å². The predicted molar refractivity (Wildman–Crippen MR) is 77.4 cm³/mol. The van der Waals surface area contributed by atoms with E-state index in [2.05, 4.69) is 4.98 Å². The zero-order valence-electron chi connectivity index (χ0n) is 11.8. The van der Waals surface area contributed by atoms with E-state index in [1.165, 1.54) is 6.92 Å². The molecule has 0 amide bonds. The van der Waals surface area contributed by atoms with Crippen LogP contribution in [0.3, 0.4) is 0 Å². The first-order chi connectivity index (χ1) is 9.67. The molecular weight excluding hydrogens is 254 g/mol. The zero-order valence-corrected chi connectivity index (χ0v) is 11.8. The van der Waals surface area contributed by atoms with E-state index in [1.54, 1.807) is 13.3 Å². The summed E-state index contributed by atoms with van der Waals surface area (Å²) in [7, 11) is 1.58. The van der Waals surface area contributed by atoms with Gasteiger partial charge >= 0.3 is 0 Å². The van der Waals surface area contributed by atoms with Crippen LogP contribution < -0.4 is 9.47 Å². The summed E-state index contributed by atoms with van der Waals surface area (Å²) in [5.41, 5.74) is 2.29. The fraction of sp³-hybridized carbons (Fsp3) is 0.250. The van der Waals surface area contributed by atoms with Crippen LogP contribution in [0, 0.1) is 0 Å². The highest BCUT2D eigenvalue weighted by Gasteiger charge is 2.13. The van der Waals surface area contributed by atoms with Crippen LogP contribution in [0.25, 0.3) is 11.1 Å². The number of benzene rings is 1. The van der Waals surface area contributed by atoms with Crippen molar-refractivity contribution >= 4 is 5.78 Å². The molecule has 0 N–H and O–H groups in total. The Kier molecular flexibility index (Phi) is 4.35. The first-order valence-corrected chi connectivity index (χ1v) is 6.44. The van der Waals surface area contributed by atoms with E-state index >= 15 is 0 Å². The number of carbonyl (C=O) groups is 1. The highest BCUT2D eigenvalue weighted by atomic mass is 16.5. The van der Waals surface area contributed by atoms with Gasteiger partial charge in [0.25, 0.3) is 0 Å². The van der Waals surface area contributed by atoms with E-state index in [0.29, 0.717) is 23.8 Å². The van der Waals surface area contributed by atoms with Crippen LogP contribution in [0.2, 0.25) is 0 Å². The number of Topliss-reactive ketones (excluding diaryl/α,β-unsaturated/α-hetero) is 1. The Balaban J connectivity index is 2.53. The summed E-state index contributed by atoms with van der Waals surface area (Å²) in [6, 6.07) is 9.26. The van der Waals surface area contributed by atoms with Crippen molar-refractivity contribution < 1.29 is 14.3 Å². The Morgan fingerprint density at radius 3 is 2.75 bits per heavy atom. The van der Waals surface area contributed by atoms with Crippen LogP contribution in [0.5, 0.6) is 11.6 Å². The summed E-state index contributed by atoms with van der Waals surface area (Å²) in [6.45, 7) is 3.94. The molecule has 0 aliphatic heterocycles. The number of ketones is 1. The fourth-order valence-electron chi connectivity index (χ4n) is 2.03. The van der Waals surface area contributed by atoms with Crippen molar-refractivity contribution in [2.45, 2.75) is 13.8 Å².